The summed E-state index contributed by atoms with van der Waals surface area (Å²) in [4.78, 5) is 12.3. The summed E-state index contributed by atoms with van der Waals surface area (Å²) in [5.74, 6) is 1.58. The van der Waals surface area contributed by atoms with Crippen LogP contribution in [0.3, 0.4) is 0 Å². The highest BCUT2D eigenvalue weighted by Gasteiger charge is 2.19. The number of hydrogen-bond acceptors (Lipinski definition) is 5. The second kappa shape index (κ2) is 8.91. The first kappa shape index (κ1) is 19.9. The Labute approximate surface area is 175 Å². The molecule has 1 atom stereocenters. The number of ketones is 1. The van der Waals surface area contributed by atoms with Gasteiger partial charge < -0.3 is 9.30 Å². The van der Waals surface area contributed by atoms with Crippen molar-refractivity contribution in [3.8, 4) is 5.75 Å². The van der Waals surface area contributed by atoms with Crippen LogP contribution in [0.5, 0.6) is 5.75 Å². The van der Waals surface area contributed by atoms with Crippen molar-refractivity contribution >= 4 is 45.1 Å². The first-order chi connectivity index (χ1) is 13.0. The van der Waals surface area contributed by atoms with E-state index >= 15 is 0 Å². The predicted octanol–water partition coefficient (Wildman–Crippen LogP) is 5.35. The maximum absolute atomic E-state index is 12.3. The minimum absolute atomic E-state index is 0.0393. The molecule has 0 fully saturated rings. The summed E-state index contributed by atoms with van der Waals surface area (Å²) in [5, 5.41) is 9.59. The Bertz CT molecular complexity index is 946. The molecule has 27 heavy (non-hydrogen) atoms. The van der Waals surface area contributed by atoms with Crippen molar-refractivity contribution in [3.05, 3.63) is 69.4 Å². The molecular weight excluding hydrogens is 450 g/mol. The Morgan fingerprint density at radius 3 is 2.63 bits per heavy atom. The number of para-hydroxylation sites is 1. The Kier molecular flexibility index (Phi) is 6.57. The van der Waals surface area contributed by atoms with Gasteiger partial charge in [-0.25, -0.2) is 0 Å². The Morgan fingerprint density at radius 2 is 1.93 bits per heavy atom. The number of carbonyl (C=O) groups is 1. The van der Waals surface area contributed by atoms with Gasteiger partial charge in [0.25, 0.3) is 0 Å². The van der Waals surface area contributed by atoms with Crippen LogP contribution in [0.2, 0.25) is 5.02 Å². The molecule has 0 N–H and O–H groups in total. The zero-order valence-corrected chi connectivity index (χ0v) is 17.9. The number of rotatable bonds is 7. The fourth-order valence-corrected chi connectivity index (χ4v) is 3.70. The van der Waals surface area contributed by atoms with Crippen molar-refractivity contribution in [2.45, 2.75) is 18.2 Å². The minimum atomic E-state index is -0.334. The molecule has 0 saturated carbocycles. The van der Waals surface area contributed by atoms with E-state index in [0.29, 0.717) is 27.3 Å². The third-order valence-electron chi connectivity index (χ3n) is 3.87. The minimum Gasteiger partial charge on any atom is -0.481 e. The Balaban J connectivity index is 1.65. The number of carbonyl (C=O) groups excluding carboxylic acids is 1. The normalized spacial score (nSPS) is 12.0. The third kappa shape index (κ3) is 4.91. The largest absolute Gasteiger partial charge is 0.481 e. The van der Waals surface area contributed by atoms with Crippen LogP contribution in [0.1, 0.15) is 29.2 Å². The van der Waals surface area contributed by atoms with Crippen molar-refractivity contribution in [1.29, 1.82) is 0 Å². The van der Waals surface area contributed by atoms with Gasteiger partial charge in [-0.3, -0.25) is 4.79 Å². The highest BCUT2D eigenvalue weighted by molar-refractivity contribution is 9.10. The summed E-state index contributed by atoms with van der Waals surface area (Å²) in [5.41, 5.74) is 0.670. The Morgan fingerprint density at radius 1 is 1.22 bits per heavy atom. The molecule has 1 aromatic heterocycles. The monoisotopic (exact) mass is 465 g/mol. The van der Waals surface area contributed by atoms with Crippen LogP contribution in [-0.4, -0.2) is 26.3 Å². The maximum atomic E-state index is 12.3. The van der Waals surface area contributed by atoms with Gasteiger partial charge >= 0.3 is 0 Å². The lowest BCUT2D eigenvalue weighted by atomic mass is 10.2. The molecule has 1 unspecified atom stereocenters. The highest BCUT2D eigenvalue weighted by atomic mass is 79.9. The molecular formula is C19H17BrClN3O2S. The van der Waals surface area contributed by atoms with Gasteiger partial charge in [0.15, 0.2) is 22.9 Å². The van der Waals surface area contributed by atoms with Crippen LogP contribution in [0.15, 0.2) is 58.2 Å². The summed E-state index contributed by atoms with van der Waals surface area (Å²) < 4.78 is 8.67. The maximum Gasteiger partial charge on any atom is 0.191 e. The van der Waals surface area contributed by atoms with Gasteiger partial charge in [-0.2, -0.15) is 0 Å². The highest BCUT2D eigenvalue weighted by Crippen LogP contribution is 2.29. The van der Waals surface area contributed by atoms with Gasteiger partial charge in [-0.15, -0.1) is 10.2 Å². The van der Waals surface area contributed by atoms with Crippen molar-refractivity contribution in [2.24, 2.45) is 7.05 Å². The average Bonchev–Trinajstić information content (AvgIpc) is 3.03. The zero-order valence-electron chi connectivity index (χ0n) is 14.7. The molecule has 140 valence electrons. The molecule has 0 aliphatic carbocycles. The van der Waals surface area contributed by atoms with E-state index in [-0.39, 0.29) is 17.6 Å². The molecule has 1 heterocycles. The summed E-state index contributed by atoms with van der Waals surface area (Å²) in [6.07, 6.45) is -0.334. The summed E-state index contributed by atoms with van der Waals surface area (Å²) in [6, 6.07) is 14.6. The number of hydrogen-bond donors (Lipinski definition) is 0. The third-order valence-corrected chi connectivity index (χ3v) is 5.73. The van der Waals surface area contributed by atoms with E-state index in [4.69, 9.17) is 16.3 Å². The number of ether oxygens (including phenoxy) is 1. The van der Waals surface area contributed by atoms with Crippen LogP contribution in [0.25, 0.3) is 0 Å². The van der Waals surface area contributed by atoms with Gasteiger partial charge in [0.05, 0.1) is 10.8 Å². The Hall–Kier alpha value is -1.83. The molecule has 8 heteroatoms. The van der Waals surface area contributed by atoms with E-state index in [1.165, 1.54) is 11.8 Å². The molecule has 0 aliphatic heterocycles. The van der Waals surface area contributed by atoms with Crippen molar-refractivity contribution in [1.82, 2.24) is 14.8 Å². The first-order valence-electron chi connectivity index (χ1n) is 8.17. The van der Waals surface area contributed by atoms with E-state index in [0.717, 1.165) is 4.47 Å². The van der Waals surface area contributed by atoms with E-state index in [9.17, 15) is 4.79 Å². The number of halogens is 2. The molecule has 0 saturated heterocycles. The average molecular weight is 467 g/mol. The van der Waals surface area contributed by atoms with Crippen LogP contribution in [0, 0.1) is 0 Å². The lowest BCUT2D eigenvalue weighted by Gasteiger charge is -2.15. The summed E-state index contributed by atoms with van der Waals surface area (Å²) in [7, 11) is 1.86. The van der Waals surface area contributed by atoms with Gasteiger partial charge in [-0.05, 0) is 31.2 Å². The molecule has 0 aliphatic rings. The quantitative estimate of drug-likeness (QED) is 0.347. The predicted molar refractivity (Wildman–Crippen MR) is 111 cm³/mol. The van der Waals surface area contributed by atoms with Crippen LogP contribution < -0.4 is 4.74 Å². The van der Waals surface area contributed by atoms with Gasteiger partial charge in [-0.1, -0.05) is 63.6 Å². The number of Topliss-reactive ketones (excluding diaryl/α,β-unsaturated/α-hetero) is 1. The smallest absolute Gasteiger partial charge is 0.191 e. The first-order valence-corrected chi connectivity index (χ1v) is 10.3. The molecule has 3 rings (SSSR count). The van der Waals surface area contributed by atoms with Crippen molar-refractivity contribution in [3.63, 3.8) is 0 Å². The van der Waals surface area contributed by atoms with E-state index in [1.54, 1.807) is 18.2 Å². The zero-order chi connectivity index (χ0) is 19.4. The fourth-order valence-electron chi connectivity index (χ4n) is 2.44. The molecule has 0 spiro atoms. The van der Waals surface area contributed by atoms with Gasteiger partial charge in [0.1, 0.15) is 5.75 Å². The van der Waals surface area contributed by atoms with Crippen molar-refractivity contribution in [2.75, 3.05) is 5.75 Å². The van der Waals surface area contributed by atoms with E-state index < -0.39 is 0 Å². The topological polar surface area (TPSA) is 57.0 Å². The fraction of sp³-hybridized carbons (Fsp3) is 0.211. The molecule has 0 radical (unpaired) electrons. The van der Waals surface area contributed by atoms with Crippen LogP contribution in [-0.2, 0) is 7.05 Å². The van der Waals surface area contributed by atoms with Crippen LogP contribution >= 0.6 is 39.3 Å². The van der Waals surface area contributed by atoms with Crippen LogP contribution in [0.4, 0.5) is 0 Å². The standard InChI is InChI=1S/C19H17BrClN3O2S/c1-12(26-17-6-4-3-5-15(17)21)18-22-23-19(24(18)2)27-11-16(25)13-7-9-14(20)10-8-13/h3-10,12H,11H2,1-2H3. The summed E-state index contributed by atoms with van der Waals surface area (Å²) in [6.45, 7) is 1.88. The van der Waals surface area contributed by atoms with Crippen molar-refractivity contribution < 1.29 is 9.53 Å². The molecule has 0 bridgehead atoms. The molecule has 0 amide bonds. The lowest BCUT2D eigenvalue weighted by molar-refractivity contribution is 0.102. The number of nitrogens with zero attached hydrogens (tertiary/aromatic N) is 3. The summed E-state index contributed by atoms with van der Waals surface area (Å²) >= 11 is 10.9. The van der Waals surface area contributed by atoms with Gasteiger partial charge in [0.2, 0.25) is 0 Å². The molecule has 3 aromatic rings. The van der Waals surface area contributed by atoms with E-state index in [2.05, 4.69) is 26.1 Å². The SMILES string of the molecule is CC(Oc1ccccc1Cl)c1nnc(SCC(=O)c2ccc(Br)cc2)n1C. The molecule has 5 nitrogen and oxygen atoms in total. The second-order valence-electron chi connectivity index (χ2n) is 5.81. The number of thioether (sulfide) groups is 1. The number of aromatic nitrogens is 3. The van der Waals surface area contributed by atoms with E-state index in [1.807, 2.05) is 48.9 Å². The number of benzene rings is 2. The van der Waals surface area contributed by atoms with Gasteiger partial charge in [0, 0.05) is 17.1 Å². The lowest BCUT2D eigenvalue weighted by Crippen LogP contribution is -2.10. The molecule has 2 aromatic carbocycles. The second-order valence-corrected chi connectivity index (χ2v) is 8.07.